The summed E-state index contributed by atoms with van der Waals surface area (Å²) in [6, 6.07) is 0. The van der Waals surface area contributed by atoms with Crippen LogP contribution in [0, 0.1) is 16.2 Å². The highest BCUT2D eigenvalue weighted by molar-refractivity contribution is 5.81. The number of rotatable bonds is 33. The van der Waals surface area contributed by atoms with Crippen molar-refractivity contribution in [2.75, 3.05) is 39.6 Å². The summed E-state index contributed by atoms with van der Waals surface area (Å²) in [6.07, 6.45) is 17.8. The number of hydrogen-bond acceptors (Lipinski definition) is 11. The number of hydrogen-bond donors (Lipinski definition) is 1. The molecule has 0 atom stereocenters. The average molecular weight is 785 g/mol. The number of allylic oxidation sites excluding steroid dienone is 2. The van der Waals surface area contributed by atoms with Crippen LogP contribution in [0.3, 0.4) is 0 Å². The third-order valence-electron chi connectivity index (χ3n) is 10.3. The number of esters is 5. The molecule has 0 spiro atoms. The minimum atomic E-state index is -2.52. The van der Waals surface area contributed by atoms with Gasteiger partial charge in [-0.15, -0.1) is 0 Å². The van der Waals surface area contributed by atoms with Crippen molar-refractivity contribution in [2.45, 2.75) is 155 Å². The molecule has 0 aliphatic heterocycles. The zero-order chi connectivity index (χ0) is 40.4. The molecule has 314 valence electrons. The fraction of sp³-hybridized carbons (Fsp3) is 0.786. The Kier molecular flexibility index (Phi) is 23.0. The van der Waals surface area contributed by atoms with E-state index in [9.17, 15) is 37.9 Å². The van der Waals surface area contributed by atoms with E-state index in [1.807, 2.05) is 12.2 Å². The van der Waals surface area contributed by atoms with Gasteiger partial charge in [-0.25, -0.2) is 8.78 Å². The lowest BCUT2D eigenvalue weighted by Gasteiger charge is -2.67. The van der Waals surface area contributed by atoms with Gasteiger partial charge in [-0.1, -0.05) is 63.8 Å². The van der Waals surface area contributed by atoms with Gasteiger partial charge in [0, 0.05) is 31.1 Å². The van der Waals surface area contributed by atoms with Crippen molar-refractivity contribution in [3.05, 3.63) is 24.3 Å². The maximum absolute atomic E-state index is 13.3. The van der Waals surface area contributed by atoms with Crippen LogP contribution < -0.4 is 0 Å². The van der Waals surface area contributed by atoms with Gasteiger partial charge in [0.25, 0.3) is 0 Å². The number of aliphatic hydroxyl groups excluding tert-OH is 1. The average Bonchev–Trinajstić information content (AvgIpc) is 3.12. The number of alkyl halides is 2. The predicted octanol–water partition coefficient (Wildman–Crippen LogP) is 8.29. The Labute approximate surface area is 326 Å². The fourth-order valence-corrected chi connectivity index (χ4v) is 6.76. The van der Waals surface area contributed by atoms with Crippen molar-refractivity contribution in [3.63, 3.8) is 0 Å². The second kappa shape index (κ2) is 26.5. The van der Waals surface area contributed by atoms with E-state index in [1.165, 1.54) is 25.7 Å². The van der Waals surface area contributed by atoms with E-state index in [0.29, 0.717) is 51.7 Å². The van der Waals surface area contributed by atoms with Crippen LogP contribution in [0.1, 0.15) is 149 Å². The molecule has 2 bridgehead atoms. The number of halogens is 2. The highest BCUT2D eigenvalue weighted by atomic mass is 19.3. The molecular weight excluding hydrogens is 718 g/mol. The Morgan fingerprint density at radius 1 is 0.582 bits per heavy atom. The van der Waals surface area contributed by atoms with Gasteiger partial charge in [0.05, 0.1) is 30.7 Å². The van der Waals surface area contributed by atoms with Gasteiger partial charge in [-0.3, -0.25) is 24.0 Å². The lowest BCUT2D eigenvalue weighted by Crippen LogP contribution is -2.68. The lowest BCUT2D eigenvalue weighted by atomic mass is 9.35. The summed E-state index contributed by atoms with van der Waals surface area (Å²) in [6.45, 7) is 2.87. The molecule has 3 saturated carbocycles. The normalized spacial score (nSPS) is 18.9. The van der Waals surface area contributed by atoms with Crippen molar-refractivity contribution in [2.24, 2.45) is 16.2 Å². The first-order chi connectivity index (χ1) is 26.4. The molecule has 55 heavy (non-hydrogen) atoms. The van der Waals surface area contributed by atoms with Crippen LogP contribution in [0.15, 0.2) is 24.3 Å². The molecule has 0 heterocycles. The van der Waals surface area contributed by atoms with E-state index in [2.05, 4.69) is 26.0 Å². The molecule has 1 N–H and O–H groups in total. The Morgan fingerprint density at radius 3 is 1.35 bits per heavy atom. The first-order valence-electron chi connectivity index (χ1n) is 20.4. The molecule has 0 saturated heterocycles. The van der Waals surface area contributed by atoms with Crippen molar-refractivity contribution >= 4 is 29.8 Å². The molecule has 3 aliphatic rings. The first kappa shape index (κ1) is 47.8. The molecule has 0 radical (unpaired) electrons. The molecule has 0 unspecified atom stereocenters. The van der Waals surface area contributed by atoms with E-state index >= 15 is 0 Å². The predicted molar refractivity (Wildman–Crippen MR) is 202 cm³/mol. The minimum absolute atomic E-state index is 0.0220. The van der Waals surface area contributed by atoms with Gasteiger partial charge in [-0.2, -0.15) is 0 Å². The molecule has 3 aliphatic carbocycles. The summed E-state index contributed by atoms with van der Waals surface area (Å²) in [5, 5.41) is 10.4. The van der Waals surface area contributed by atoms with Crippen LogP contribution >= 0.6 is 0 Å². The Balaban J connectivity index is 1.75. The number of aliphatic hydroxyl groups is 1. The molecule has 0 amide bonds. The van der Waals surface area contributed by atoms with Gasteiger partial charge in [0.1, 0.15) is 19.8 Å². The number of carbonyl (C=O) groups is 5. The van der Waals surface area contributed by atoms with Crippen molar-refractivity contribution in [1.29, 1.82) is 0 Å². The molecular formula is C42H66F2O11. The number of ether oxygens (including phenoxy) is 5. The fourth-order valence-electron chi connectivity index (χ4n) is 6.76. The molecule has 3 rings (SSSR count). The minimum Gasteiger partial charge on any atom is -0.465 e. The smallest absolute Gasteiger partial charge is 0.312 e. The third-order valence-corrected chi connectivity index (χ3v) is 10.3. The Morgan fingerprint density at radius 2 is 0.964 bits per heavy atom. The van der Waals surface area contributed by atoms with Crippen LogP contribution in [0.2, 0.25) is 0 Å². The third kappa shape index (κ3) is 18.0. The van der Waals surface area contributed by atoms with Crippen LogP contribution in [0.4, 0.5) is 8.78 Å². The summed E-state index contributed by atoms with van der Waals surface area (Å²) in [7, 11) is 0. The van der Waals surface area contributed by atoms with E-state index < -0.39 is 67.0 Å². The monoisotopic (exact) mass is 784 g/mol. The van der Waals surface area contributed by atoms with Gasteiger partial charge in [0.2, 0.25) is 6.43 Å². The largest absolute Gasteiger partial charge is 0.465 e. The standard InChI is InChI=1S/C42H66F2O11/c1-3-5-7-9-11-13-19-25-51-34(46)21-15-17-23-36(48)53-31-40(30-45,33-55-39(50)42-27-41(28-42,29-42)38(43)44)32-54-37(49)24-18-16-22-35(47)52-26-20-14-12-10-8-6-4-2/h11-14,38,45H,3-10,15-33H2,1-2H3/b13-11-,14-12-. The quantitative estimate of drug-likeness (QED) is 0.0296. The maximum Gasteiger partial charge on any atom is 0.312 e. The second-order valence-electron chi connectivity index (χ2n) is 15.4. The van der Waals surface area contributed by atoms with E-state index in [4.69, 9.17) is 23.7 Å². The second-order valence-corrected chi connectivity index (χ2v) is 15.4. The van der Waals surface area contributed by atoms with Crippen molar-refractivity contribution < 1.29 is 61.5 Å². The molecule has 3 fully saturated rings. The first-order valence-corrected chi connectivity index (χ1v) is 20.4. The van der Waals surface area contributed by atoms with Gasteiger partial charge in [0.15, 0.2) is 0 Å². The number of unbranched alkanes of at least 4 members (excludes halogenated alkanes) is 8. The van der Waals surface area contributed by atoms with Gasteiger partial charge >= 0.3 is 29.8 Å². The molecule has 13 heteroatoms. The molecule has 0 aromatic heterocycles. The number of carbonyl (C=O) groups excluding carboxylic acids is 5. The summed E-state index contributed by atoms with van der Waals surface area (Å²) >= 11 is 0. The van der Waals surface area contributed by atoms with Crippen molar-refractivity contribution in [3.8, 4) is 0 Å². The molecule has 0 aromatic rings. The summed E-state index contributed by atoms with van der Waals surface area (Å²) < 4.78 is 53.4. The van der Waals surface area contributed by atoms with Crippen LogP contribution in [0.5, 0.6) is 0 Å². The lowest BCUT2D eigenvalue weighted by molar-refractivity contribution is -0.270. The zero-order valence-corrected chi connectivity index (χ0v) is 33.3. The summed E-state index contributed by atoms with van der Waals surface area (Å²) in [4.78, 5) is 62.2. The maximum atomic E-state index is 13.3. The molecule has 11 nitrogen and oxygen atoms in total. The topological polar surface area (TPSA) is 152 Å². The highest BCUT2D eigenvalue weighted by Gasteiger charge is 2.76. The summed E-state index contributed by atoms with van der Waals surface area (Å²) in [5.41, 5.74) is -3.61. The van der Waals surface area contributed by atoms with Gasteiger partial charge in [-0.05, 0) is 83.5 Å². The van der Waals surface area contributed by atoms with Crippen LogP contribution in [-0.2, 0) is 47.7 Å². The van der Waals surface area contributed by atoms with E-state index in [0.717, 1.165) is 25.7 Å². The van der Waals surface area contributed by atoms with Crippen molar-refractivity contribution in [1.82, 2.24) is 0 Å². The molecule has 0 aromatic carbocycles. The van der Waals surface area contributed by atoms with E-state index in [1.54, 1.807) is 0 Å². The SMILES string of the molecule is CCCCC/C=C\CCOC(=O)CCCCC(=O)OCC(CO)(COC(=O)CCCCC(=O)OCC/C=C\CCCCC)COC(=O)C12CC(C(F)F)(C1)C2. The van der Waals surface area contributed by atoms with Gasteiger partial charge < -0.3 is 28.8 Å². The Hall–Kier alpha value is -3.35. The summed E-state index contributed by atoms with van der Waals surface area (Å²) in [5.74, 6) is -2.61. The zero-order valence-electron chi connectivity index (χ0n) is 33.3. The highest BCUT2D eigenvalue weighted by Crippen LogP contribution is 2.75. The Bertz CT molecular complexity index is 1150. The van der Waals surface area contributed by atoms with Crippen LogP contribution in [-0.4, -0.2) is 81.0 Å². The van der Waals surface area contributed by atoms with Crippen LogP contribution in [0.25, 0.3) is 0 Å². The van der Waals surface area contributed by atoms with E-state index in [-0.39, 0.29) is 56.9 Å².